The Kier molecular flexibility index (Phi) is 4.24. The van der Waals surface area contributed by atoms with Gasteiger partial charge in [-0.15, -0.1) is 0 Å². The summed E-state index contributed by atoms with van der Waals surface area (Å²) in [6, 6.07) is 14.8. The molecule has 2 aliphatic rings. The Morgan fingerprint density at radius 3 is 2.83 bits per heavy atom. The molecule has 1 fully saturated rings. The van der Waals surface area contributed by atoms with E-state index >= 15 is 0 Å². The topological polar surface area (TPSA) is 100 Å². The number of carbonyl (C=O) groups is 3. The van der Waals surface area contributed by atoms with Crippen molar-refractivity contribution in [3.05, 3.63) is 77.0 Å². The van der Waals surface area contributed by atoms with Crippen LogP contribution in [0.5, 0.6) is 0 Å². The predicted octanol–water partition coefficient (Wildman–Crippen LogP) is 2.23. The van der Waals surface area contributed by atoms with E-state index in [1.54, 1.807) is 12.3 Å². The Bertz CT molecular complexity index is 1200. The fourth-order valence-electron chi connectivity index (χ4n) is 4.36. The molecule has 1 spiro atoms. The SMILES string of the molecule is O=C1NC(=O)C2(CCc3cc(C(=O)NCc4cccc5ncccc45)ccc3C2)N1. The van der Waals surface area contributed by atoms with Gasteiger partial charge in [-0.25, -0.2) is 4.79 Å². The number of hydrogen-bond donors (Lipinski definition) is 3. The second kappa shape index (κ2) is 6.95. The molecule has 4 amide bonds. The minimum absolute atomic E-state index is 0.147. The van der Waals surface area contributed by atoms with Gasteiger partial charge in [0.25, 0.3) is 11.8 Å². The molecule has 7 heteroatoms. The summed E-state index contributed by atoms with van der Waals surface area (Å²) >= 11 is 0. The first-order chi connectivity index (χ1) is 14.5. The number of aromatic nitrogens is 1. The zero-order valence-electron chi connectivity index (χ0n) is 16.2. The molecule has 1 atom stereocenters. The average molecular weight is 400 g/mol. The normalized spacial score (nSPS) is 20.0. The third-order valence-corrected chi connectivity index (χ3v) is 5.97. The summed E-state index contributed by atoms with van der Waals surface area (Å²) in [4.78, 5) is 40.8. The third kappa shape index (κ3) is 3.08. The number of imide groups is 1. The smallest absolute Gasteiger partial charge is 0.322 e. The molecule has 1 unspecified atom stereocenters. The monoisotopic (exact) mass is 400 g/mol. The fraction of sp³-hybridized carbons (Fsp3) is 0.217. The Hall–Kier alpha value is -3.74. The maximum Gasteiger partial charge on any atom is 0.322 e. The molecule has 0 bridgehead atoms. The predicted molar refractivity (Wildman–Crippen MR) is 111 cm³/mol. The van der Waals surface area contributed by atoms with Gasteiger partial charge >= 0.3 is 6.03 Å². The van der Waals surface area contributed by atoms with E-state index in [4.69, 9.17) is 0 Å². The number of amides is 4. The summed E-state index contributed by atoms with van der Waals surface area (Å²) < 4.78 is 0. The van der Waals surface area contributed by atoms with Crippen LogP contribution in [0.15, 0.2) is 54.7 Å². The van der Waals surface area contributed by atoms with E-state index in [9.17, 15) is 14.4 Å². The molecule has 2 heterocycles. The molecule has 3 aromatic rings. The summed E-state index contributed by atoms with van der Waals surface area (Å²) in [7, 11) is 0. The van der Waals surface area contributed by atoms with Gasteiger partial charge in [-0.05, 0) is 53.8 Å². The maximum absolute atomic E-state index is 12.7. The minimum Gasteiger partial charge on any atom is -0.348 e. The van der Waals surface area contributed by atoms with Crippen LogP contribution in [-0.4, -0.2) is 28.4 Å². The molecule has 0 radical (unpaired) electrons. The summed E-state index contributed by atoms with van der Waals surface area (Å²) in [6.07, 6.45) is 3.33. The van der Waals surface area contributed by atoms with Crippen molar-refractivity contribution in [2.45, 2.75) is 31.3 Å². The van der Waals surface area contributed by atoms with Crippen LogP contribution in [0, 0.1) is 0 Å². The van der Waals surface area contributed by atoms with E-state index in [0.717, 1.165) is 27.6 Å². The van der Waals surface area contributed by atoms with E-state index in [1.807, 2.05) is 42.5 Å². The second-order valence-electron chi connectivity index (χ2n) is 7.82. The van der Waals surface area contributed by atoms with Crippen LogP contribution < -0.4 is 16.0 Å². The Labute approximate surface area is 172 Å². The Morgan fingerprint density at radius 1 is 1.10 bits per heavy atom. The van der Waals surface area contributed by atoms with E-state index in [2.05, 4.69) is 20.9 Å². The molecular formula is C23H20N4O3. The van der Waals surface area contributed by atoms with Gasteiger partial charge in [-0.2, -0.15) is 0 Å². The van der Waals surface area contributed by atoms with E-state index in [0.29, 0.717) is 31.4 Å². The molecule has 3 N–H and O–H groups in total. The minimum atomic E-state index is -0.865. The number of aryl methyl sites for hydroxylation is 1. The molecule has 150 valence electrons. The first kappa shape index (κ1) is 18.3. The largest absolute Gasteiger partial charge is 0.348 e. The molecule has 5 rings (SSSR count). The van der Waals surface area contributed by atoms with Crippen LogP contribution >= 0.6 is 0 Å². The van der Waals surface area contributed by atoms with Gasteiger partial charge in [0.1, 0.15) is 5.54 Å². The van der Waals surface area contributed by atoms with Gasteiger partial charge in [0.15, 0.2) is 0 Å². The van der Waals surface area contributed by atoms with Gasteiger partial charge in [0.2, 0.25) is 0 Å². The molecule has 7 nitrogen and oxygen atoms in total. The molecule has 1 aliphatic heterocycles. The molecular weight excluding hydrogens is 380 g/mol. The lowest BCUT2D eigenvalue weighted by Crippen LogP contribution is -2.51. The number of pyridine rings is 1. The average Bonchev–Trinajstić information content (AvgIpc) is 3.03. The van der Waals surface area contributed by atoms with Gasteiger partial charge in [-0.3, -0.25) is 19.9 Å². The van der Waals surface area contributed by atoms with E-state index in [-0.39, 0.29) is 11.8 Å². The standard InChI is InChI=1S/C23H20N4O3/c28-20(25-13-17-3-1-5-19-18(17)4-2-10-24-19)15-6-7-16-12-23(9-8-14(16)11-15)21(29)26-22(30)27-23/h1-7,10-11H,8-9,12-13H2,(H,25,28)(H2,26,27,29,30). The lowest BCUT2D eigenvalue weighted by Gasteiger charge is -2.32. The maximum atomic E-state index is 12.7. The number of nitrogens with zero attached hydrogens (tertiary/aromatic N) is 1. The van der Waals surface area contributed by atoms with E-state index < -0.39 is 11.6 Å². The van der Waals surface area contributed by atoms with Crippen molar-refractivity contribution >= 4 is 28.7 Å². The highest BCUT2D eigenvalue weighted by Crippen LogP contribution is 2.31. The quantitative estimate of drug-likeness (QED) is 0.587. The summed E-state index contributed by atoms with van der Waals surface area (Å²) in [5.41, 5.74) is 3.65. The number of benzene rings is 2. The summed E-state index contributed by atoms with van der Waals surface area (Å²) in [5, 5.41) is 9.10. The summed E-state index contributed by atoms with van der Waals surface area (Å²) in [5.74, 6) is -0.421. The van der Waals surface area contributed by atoms with Gasteiger partial charge in [0, 0.05) is 30.1 Å². The van der Waals surface area contributed by atoms with Crippen molar-refractivity contribution in [1.29, 1.82) is 0 Å². The van der Waals surface area contributed by atoms with Crippen molar-refractivity contribution in [3.63, 3.8) is 0 Å². The van der Waals surface area contributed by atoms with Crippen molar-refractivity contribution in [1.82, 2.24) is 20.9 Å². The molecule has 30 heavy (non-hydrogen) atoms. The zero-order chi connectivity index (χ0) is 20.7. The van der Waals surface area contributed by atoms with Crippen LogP contribution in [0.25, 0.3) is 10.9 Å². The van der Waals surface area contributed by atoms with E-state index in [1.165, 1.54) is 0 Å². The number of nitrogens with one attached hydrogen (secondary N) is 3. The Morgan fingerprint density at radius 2 is 2.00 bits per heavy atom. The first-order valence-electron chi connectivity index (χ1n) is 9.90. The van der Waals surface area contributed by atoms with Crippen molar-refractivity contribution in [2.75, 3.05) is 0 Å². The van der Waals surface area contributed by atoms with Crippen molar-refractivity contribution in [2.24, 2.45) is 0 Å². The van der Waals surface area contributed by atoms with Gasteiger partial charge < -0.3 is 10.6 Å². The zero-order valence-corrected chi connectivity index (χ0v) is 16.2. The van der Waals surface area contributed by atoms with Crippen LogP contribution in [0.1, 0.15) is 33.5 Å². The first-order valence-corrected chi connectivity index (χ1v) is 9.90. The number of carbonyl (C=O) groups excluding carboxylic acids is 3. The number of urea groups is 1. The van der Waals surface area contributed by atoms with Gasteiger partial charge in [0.05, 0.1) is 5.52 Å². The van der Waals surface area contributed by atoms with Crippen LogP contribution in [0.3, 0.4) is 0 Å². The van der Waals surface area contributed by atoms with Crippen LogP contribution in [0.2, 0.25) is 0 Å². The fourth-order valence-corrected chi connectivity index (χ4v) is 4.36. The third-order valence-electron chi connectivity index (χ3n) is 5.97. The van der Waals surface area contributed by atoms with Crippen molar-refractivity contribution in [3.8, 4) is 0 Å². The number of hydrogen-bond acceptors (Lipinski definition) is 4. The van der Waals surface area contributed by atoms with Crippen molar-refractivity contribution < 1.29 is 14.4 Å². The highest BCUT2D eigenvalue weighted by molar-refractivity contribution is 6.07. The lowest BCUT2D eigenvalue weighted by molar-refractivity contribution is -0.124. The van der Waals surface area contributed by atoms with Crippen LogP contribution in [-0.2, 0) is 24.2 Å². The second-order valence-corrected chi connectivity index (χ2v) is 7.82. The molecule has 2 aromatic carbocycles. The summed E-state index contributed by atoms with van der Waals surface area (Å²) in [6.45, 7) is 0.411. The van der Waals surface area contributed by atoms with Gasteiger partial charge in [-0.1, -0.05) is 24.3 Å². The highest BCUT2D eigenvalue weighted by Gasteiger charge is 2.47. The molecule has 1 saturated heterocycles. The Balaban J connectivity index is 1.32. The molecule has 0 saturated carbocycles. The molecule has 1 aromatic heterocycles. The lowest BCUT2D eigenvalue weighted by atomic mass is 9.77. The molecule has 1 aliphatic carbocycles. The highest BCUT2D eigenvalue weighted by atomic mass is 16.2. The van der Waals surface area contributed by atoms with Crippen LogP contribution in [0.4, 0.5) is 4.79 Å². The number of fused-ring (bicyclic) bond motifs is 2. The number of rotatable bonds is 3.